The predicted octanol–water partition coefficient (Wildman–Crippen LogP) is 3.88. The maximum absolute atomic E-state index is 4.67. The molecule has 4 rings (SSSR count). The maximum atomic E-state index is 4.67. The zero-order valence-corrected chi connectivity index (χ0v) is 15.3. The first-order valence-electron chi connectivity index (χ1n) is 9.19. The number of aryl methyl sites for hydroxylation is 1. The molecule has 1 saturated carbocycles. The summed E-state index contributed by atoms with van der Waals surface area (Å²) in [6, 6.07) is 4.42. The van der Waals surface area contributed by atoms with Crippen molar-refractivity contribution in [3.8, 4) is 0 Å². The maximum Gasteiger partial charge on any atom is 0.223 e. The molecule has 6 nitrogen and oxygen atoms in total. The van der Waals surface area contributed by atoms with Crippen molar-refractivity contribution < 1.29 is 0 Å². The minimum atomic E-state index is 0.481. The number of fused-ring (bicyclic) bond motifs is 1. The summed E-state index contributed by atoms with van der Waals surface area (Å²) in [6.45, 7) is 8.57. The molecular weight excluding hydrogens is 324 g/mol. The molecule has 0 aromatic carbocycles. The van der Waals surface area contributed by atoms with E-state index in [0.29, 0.717) is 12.0 Å². The molecule has 0 bridgehead atoms. The third kappa shape index (κ3) is 3.31. The third-order valence-electron chi connectivity index (χ3n) is 5.28. The van der Waals surface area contributed by atoms with Crippen molar-refractivity contribution in [3.05, 3.63) is 54.3 Å². The largest absolute Gasteiger partial charge is 0.351 e. The molecule has 0 radical (unpaired) electrons. The minimum absolute atomic E-state index is 0.481. The Kier molecular flexibility index (Phi) is 4.41. The molecule has 26 heavy (non-hydrogen) atoms. The van der Waals surface area contributed by atoms with Crippen LogP contribution in [0.15, 0.2) is 37.4 Å². The fourth-order valence-corrected chi connectivity index (χ4v) is 3.57. The number of rotatable bonds is 4. The van der Waals surface area contributed by atoms with Crippen molar-refractivity contribution in [1.29, 1.82) is 0 Å². The zero-order valence-electron chi connectivity index (χ0n) is 15.3. The number of nitrogens with one attached hydrogen (secondary N) is 1. The highest BCUT2D eigenvalue weighted by Crippen LogP contribution is 2.27. The van der Waals surface area contributed by atoms with Gasteiger partial charge in [0.2, 0.25) is 5.95 Å². The van der Waals surface area contributed by atoms with Gasteiger partial charge in [-0.2, -0.15) is 5.10 Å². The predicted molar refractivity (Wildman–Crippen MR) is 103 cm³/mol. The monoisotopic (exact) mass is 348 g/mol. The van der Waals surface area contributed by atoms with E-state index >= 15 is 0 Å². The summed E-state index contributed by atoms with van der Waals surface area (Å²) in [6.07, 6.45) is 10.3. The van der Waals surface area contributed by atoms with E-state index in [1.807, 2.05) is 31.5 Å². The lowest BCUT2D eigenvalue weighted by Crippen LogP contribution is -2.26. The zero-order chi connectivity index (χ0) is 18.1. The molecule has 0 aliphatic heterocycles. The SMILES string of the molecule is C=C(c1ccc2ncnn2c1)c1cnc(NC2CCC(C)CC2)nc1C. The van der Waals surface area contributed by atoms with Crippen molar-refractivity contribution in [2.24, 2.45) is 5.92 Å². The Bertz CT molecular complexity index is 936. The van der Waals surface area contributed by atoms with Crippen LogP contribution in [0.5, 0.6) is 0 Å². The topological polar surface area (TPSA) is 68.0 Å². The van der Waals surface area contributed by atoms with E-state index in [4.69, 9.17) is 0 Å². The second-order valence-electron chi connectivity index (χ2n) is 7.25. The molecule has 3 aromatic rings. The van der Waals surface area contributed by atoms with Crippen molar-refractivity contribution >= 4 is 17.2 Å². The first-order valence-corrected chi connectivity index (χ1v) is 9.19. The van der Waals surface area contributed by atoms with Gasteiger partial charge in [-0.05, 0) is 56.2 Å². The summed E-state index contributed by atoms with van der Waals surface area (Å²) >= 11 is 0. The van der Waals surface area contributed by atoms with Crippen LogP contribution in [0.2, 0.25) is 0 Å². The highest BCUT2D eigenvalue weighted by molar-refractivity contribution is 5.79. The summed E-state index contributed by atoms with van der Waals surface area (Å²) < 4.78 is 1.75. The van der Waals surface area contributed by atoms with Gasteiger partial charge in [-0.3, -0.25) is 0 Å². The molecule has 3 heterocycles. The molecule has 1 aliphatic carbocycles. The molecule has 134 valence electrons. The molecule has 1 N–H and O–H groups in total. The molecule has 3 aromatic heterocycles. The summed E-state index contributed by atoms with van der Waals surface area (Å²) in [5.41, 5.74) is 4.56. The Labute approximate surface area is 153 Å². The number of aromatic nitrogens is 5. The van der Waals surface area contributed by atoms with Crippen molar-refractivity contribution in [3.63, 3.8) is 0 Å². The van der Waals surface area contributed by atoms with Gasteiger partial charge in [0.1, 0.15) is 6.33 Å². The Morgan fingerprint density at radius 2 is 2.00 bits per heavy atom. The first-order chi connectivity index (χ1) is 12.6. The average molecular weight is 348 g/mol. The standard InChI is InChI=1S/C20H24N6/c1-13-4-7-17(8-5-13)25-20-21-10-18(15(3)24-20)14(2)16-6-9-19-22-12-23-26(19)11-16/h6,9-13,17H,2,4-5,7-8H2,1,3H3,(H,21,24,25). The second-order valence-corrected chi connectivity index (χ2v) is 7.25. The Morgan fingerprint density at radius 3 is 2.77 bits per heavy atom. The van der Waals surface area contributed by atoms with Gasteiger partial charge in [0, 0.05) is 29.6 Å². The highest BCUT2D eigenvalue weighted by Gasteiger charge is 2.19. The van der Waals surface area contributed by atoms with Gasteiger partial charge in [0.05, 0.1) is 5.69 Å². The molecule has 0 atom stereocenters. The van der Waals surface area contributed by atoms with Gasteiger partial charge in [0.15, 0.2) is 5.65 Å². The van der Waals surface area contributed by atoms with Gasteiger partial charge in [-0.25, -0.2) is 19.5 Å². The van der Waals surface area contributed by atoms with E-state index in [1.54, 1.807) is 10.8 Å². The van der Waals surface area contributed by atoms with Crippen LogP contribution in [0.3, 0.4) is 0 Å². The van der Waals surface area contributed by atoms with Gasteiger partial charge in [0.25, 0.3) is 0 Å². The van der Waals surface area contributed by atoms with E-state index in [-0.39, 0.29) is 0 Å². The summed E-state index contributed by atoms with van der Waals surface area (Å²) in [7, 11) is 0. The molecule has 6 heteroatoms. The normalized spacial score (nSPS) is 20.2. The van der Waals surface area contributed by atoms with Crippen LogP contribution in [-0.4, -0.2) is 30.6 Å². The van der Waals surface area contributed by atoms with Gasteiger partial charge >= 0.3 is 0 Å². The molecule has 0 saturated heterocycles. The van der Waals surface area contributed by atoms with E-state index < -0.39 is 0 Å². The van der Waals surface area contributed by atoms with Crippen molar-refractivity contribution in [2.45, 2.75) is 45.6 Å². The van der Waals surface area contributed by atoms with Crippen molar-refractivity contribution in [1.82, 2.24) is 24.6 Å². The number of hydrogen-bond acceptors (Lipinski definition) is 5. The third-order valence-corrected chi connectivity index (χ3v) is 5.28. The summed E-state index contributed by atoms with van der Waals surface area (Å²) in [5.74, 6) is 1.55. The second kappa shape index (κ2) is 6.86. The summed E-state index contributed by atoms with van der Waals surface area (Å²) in [4.78, 5) is 13.4. The van der Waals surface area contributed by atoms with Gasteiger partial charge < -0.3 is 5.32 Å². The molecule has 1 aliphatic rings. The van der Waals surface area contributed by atoms with Crippen LogP contribution in [-0.2, 0) is 0 Å². The number of nitrogens with zero attached hydrogens (tertiary/aromatic N) is 5. The van der Waals surface area contributed by atoms with E-state index in [0.717, 1.165) is 34.0 Å². The molecule has 1 fully saturated rings. The summed E-state index contributed by atoms with van der Waals surface area (Å²) in [5, 5.41) is 7.68. The highest BCUT2D eigenvalue weighted by atomic mass is 15.3. The van der Waals surface area contributed by atoms with E-state index in [2.05, 4.69) is 38.9 Å². The number of pyridine rings is 1. The van der Waals surface area contributed by atoms with E-state index in [1.165, 1.54) is 25.7 Å². The lowest BCUT2D eigenvalue weighted by Gasteiger charge is -2.27. The first kappa shape index (κ1) is 16.7. The number of anilines is 1. The van der Waals surface area contributed by atoms with Gasteiger partial charge in [-0.1, -0.05) is 13.5 Å². The average Bonchev–Trinajstić information content (AvgIpc) is 3.11. The molecular formula is C20H24N6. The molecule has 0 amide bonds. The fraction of sp³-hybridized carbons (Fsp3) is 0.400. The van der Waals surface area contributed by atoms with Crippen LogP contribution in [0, 0.1) is 12.8 Å². The van der Waals surface area contributed by atoms with Crippen LogP contribution in [0.1, 0.15) is 49.4 Å². The molecule has 0 spiro atoms. The quantitative estimate of drug-likeness (QED) is 0.775. The Hall–Kier alpha value is -2.76. The fourth-order valence-electron chi connectivity index (χ4n) is 3.57. The van der Waals surface area contributed by atoms with Crippen LogP contribution in [0.25, 0.3) is 11.2 Å². The lowest BCUT2D eigenvalue weighted by atomic mass is 9.87. The Morgan fingerprint density at radius 1 is 1.19 bits per heavy atom. The van der Waals surface area contributed by atoms with Crippen LogP contribution in [0.4, 0.5) is 5.95 Å². The van der Waals surface area contributed by atoms with Crippen LogP contribution < -0.4 is 5.32 Å². The lowest BCUT2D eigenvalue weighted by molar-refractivity contribution is 0.360. The van der Waals surface area contributed by atoms with Crippen molar-refractivity contribution in [2.75, 3.05) is 5.32 Å². The molecule has 0 unspecified atom stereocenters. The van der Waals surface area contributed by atoms with Crippen LogP contribution >= 0.6 is 0 Å². The smallest absolute Gasteiger partial charge is 0.223 e. The Balaban J connectivity index is 1.52. The van der Waals surface area contributed by atoms with E-state index in [9.17, 15) is 0 Å². The number of hydrogen-bond donors (Lipinski definition) is 1. The van der Waals surface area contributed by atoms with Gasteiger partial charge in [-0.15, -0.1) is 0 Å². The minimum Gasteiger partial charge on any atom is -0.351 e.